The fourth-order valence-corrected chi connectivity index (χ4v) is 3.10. The molecule has 0 aliphatic carbocycles. The van der Waals surface area contributed by atoms with E-state index < -0.39 is 0 Å². The smallest absolute Gasteiger partial charge is 0.227 e. The molecule has 4 heteroatoms. The van der Waals surface area contributed by atoms with Crippen molar-refractivity contribution in [3.8, 4) is 0 Å². The van der Waals surface area contributed by atoms with E-state index in [9.17, 15) is 9.59 Å². The summed E-state index contributed by atoms with van der Waals surface area (Å²) in [5, 5.41) is 2.96. The molecular formula is C21H24N2O2. The Morgan fingerprint density at radius 1 is 1.08 bits per heavy atom. The van der Waals surface area contributed by atoms with Crippen LogP contribution in [0.4, 0.5) is 5.69 Å². The highest BCUT2D eigenvalue weighted by atomic mass is 16.2. The van der Waals surface area contributed by atoms with Crippen molar-refractivity contribution in [1.29, 1.82) is 0 Å². The first-order chi connectivity index (χ1) is 12.2. The minimum Gasteiger partial charge on any atom is -0.352 e. The standard InChI is InChI=1S/C21H24N2O2/c1-2-16-8-10-17(11-9-16)14-20(24)22-15-18-5-3-6-19(13-18)23-12-4-7-21(23)25/h3,5-6,8-11,13H,2,4,7,12,14-15H2,1H3,(H,22,24). The molecule has 0 saturated carbocycles. The minimum absolute atomic E-state index is 0.00639. The summed E-state index contributed by atoms with van der Waals surface area (Å²) in [6.07, 6.45) is 2.92. The predicted octanol–water partition coefficient (Wildman–Crippen LogP) is 3.23. The normalized spacial score (nSPS) is 14.0. The van der Waals surface area contributed by atoms with Crippen molar-refractivity contribution in [3.63, 3.8) is 0 Å². The maximum absolute atomic E-state index is 12.2. The maximum Gasteiger partial charge on any atom is 0.227 e. The molecule has 130 valence electrons. The van der Waals surface area contributed by atoms with Crippen molar-refractivity contribution >= 4 is 17.5 Å². The van der Waals surface area contributed by atoms with Crippen LogP contribution in [0.3, 0.4) is 0 Å². The van der Waals surface area contributed by atoms with Gasteiger partial charge in [-0.3, -0.25) is 9.59 Å². The molecule has 1 heterocycles. The summed E-state index contributed by atoms with van der Waals surface area (Å²) in [7, 11) is 0. The van der Waals surface area contributed by atoms with E-state index in [1.807, 2.05) is 41.3 Å². The van der Waals surface area contributed by atoms with Crippen LogP contribution in [0.5, 0.6) is 0 Å². The number of nitrogens with one attached hydrogen (secondary N) is 1. The Kier molecular flexibility index (Phi) is 5.49. The van der Waals surface area contributed by atoms with Crippen molar-refractivity contribution in [2.75, 3.05) is 11.4 Å². The number of carbonyl (C=O) groups excluding carboxylic acids is 2. The first-order valence-corrected chi connectivity index (χ1v) is 8.89. The van der Waals surface area contributed by atoms with Crippen LogP contribution in [0, 0.1) is 0 Å². The van der Waals surface area contributed by atoms with Crippen LogP contribution in [-0.2, 0) is 29.0 Å². The lowest BCUT2D eigenvalue weighted by Gasteiger charge is -2.16. The molecular weight excluding hydrogens is 312 g/mol. The summed E-state index contributed by atoms with van der Waals surface area (Å²) in [6.45, 7) is 3.37. The quantitative estimate of drug-likeness (QED) is 0.880. The van der Waals surface area contributed by atoms with E-state index in [1.54, 1.807) is 0 Å². The zero-order valence-corrected chi connectivity index (χ0v) is 14.6. The Hall–Kier alpha value is -2.62. The molecule has 0 atom stereocenters. The van der Waals surface area contributed by atoms with E-state index in [2.05, 4.69) is 24.4 Å². The number of aryl methyl sites for hydroxylation is 1. The zero-order chi connectivity index (χ0) is 17.6. The van der Waals surface area contributed by atoms with E-state index in [0.29, 0.717) is 19.4 Å². The van der Waals surface area contributed by atoms with Gasteiger partial charge in [-0.2, -0.15) is 0 Å². The first kappa shape index (κ1) is 17.2. The molecule has 0 unspecified atom stereocenters. The van der Waals surface area contributed by atoms with Gasteiger partial charge in [0.1, 0.15) is 0 Å². The number of nitrogens with zero attached hydrogens (tertiary/aromatic N) is 1. The number of rotatable bonds is 6. The van der Waals surface area contributed by atoms with Crippen LogP contribution in [-0.4, -0.2) is 18.4 Å². The molecule has 0 radical (unpaired) electrons. The van der Waals surface area contributed by atoms with Crippen molar-refractivity contribution in [1.82, 2.24) is 5.32 Å². The summed E-state index contributed by atoms with van der Waals surface area (Å²) in [4.78, 5) is 25.8. The molecule has 1 saturated heterocycles. The van der Waals surface area contributed by atoms with Gasteiger partial charge in [0.2, 0.25) is 11.8 Å². The van der Waals surface area contributed by atoms with Crippen LogP contribution in [0.25, 0.3) is 0 Å². The van der Waals surface area contributed by atoms with Gasteiger partial charge in [-0.1, -0.05) is 43.3 Å². The average Bonchev–Trinajstić information content (AvgIpc) is 3.07. The molecule has 1 fully saturated rings. The Labute approximate surface area is 148 Å². The summed E-state index contributed by atoms with van der Waals surface area (Å²) in [5.41, 5.74) is 4.22. The molecule has 2 aromatic rings. The molecule has 4 nitrogen and oxygen atoms in total. The number of hydrogen-bond donors (Lipinski definition) is 1. The average molecular weight is 336 g/mol. The molecule has 1 aliphatic rings. The van der Waals surface area contributed by atoms with Gasteiger partial charge in [-0.05, 0) is 41.7 Å². The molecule has 1 aliphatic heterocycles. The summed E-state index contributed by atoms with van der Waals surface area (Å²) in [5.74, 6) is 0.184. The lowest BCUT2D eigenvalue weighted by Crippen LogP contribution is -2.26. The Morgan fingerprint density at radius 2 is 1.84 bits per heavy atom. The van der Waals surface area contributed by atoms with Crippen LogP contribution >= 0.6 is 0 Å². The predicted molar refractivity (Wildman–Crippen MR) is 99.4 cm³/mol. The lowest BCUT2D eigenvalue weighted by molar-refractivity contribution is -0.120. The van der Waals surface area contributed by atoms with Gasteiger partial charge < -0.3 is 10.2 Å². The Morgan fingerprint density at radius 3 is 2.52 bits per heavy atom. The second-order valence-electron chi connectivity index (χ2n) is 6.44. The van der Waals surface area contributed by atoms with Crippen molar-refractivity contribution in [3.05, 3.63) is 65.2 Å². The summed E-state index contributed by atoms with van der Waals surface area (Å²) < 4.78 is 0. The highest BCUT2D eigenvalue weighted by molar-refractivity contribution is 5.95. The number of anilines is 1. The highest BCUT2D eigenvalue weighted by Crippen LogP contribution is 2.22. The van der Waals surface area contributed by atoms with Crippen LogP contribution in [0.2, 0.25) is 0 Å². The fraction of sp³-hybridized carbons (Fsp3) is 0.333. The van der Waals surface area contributed by atoms with Crippen LogP contribution in [0.15, 0.2) is 48.5 Å². The topological polar surface area (TPSA) is 49.4 Å². The van der Waals surface area contributed by atoms with Gasteiger partial charge in [0.25, 0.3) is 0 Å². The first-order valence-electron chi connectivity index (χ1n) is 8.89. The van der Waals surface area contributed by atoms with Gasteiger partial charge in [0, 0.05) is 25.2 Å². The van der Waals surface area contributed by atoms with Gasteiger partial charge in [-0.15, -0.1) is 0 Å². The third-order valence-corrected chi connectivity index (χ3v) is 4.58. The number of benzene rings is 2. The number of amides is 2. The van der Waals surface area contributed by atoms with Crippen molar-refractivity contribution in [2.45, 2.75) is 39.2 Å². The van der Waals surface area contributed by atoms with E-state index in [4.69, 9.17) is 0 Å². The minimum atomic E-state index is 0.00639. The van der Waals surface area contributed by atoms with Crippen LogP contribution in [0.1, 0.15) is 36.5 Å². The number of hydrogen-bond acceptors (Lipinski definition) is 2. The van der Waals surface area contributed by atoms with Gasteiger partial charge in [-0.25, -0.2) is 0 Å². The van der Waals surface area contributed by atoms with E-state index in [-0.39, 0.29) is 11.8 Å². The van der Waals surface area contributed by atoms with Crippen LogP contribution < -0.4 is 10.2 Å². The van der Waals surface area contributed by atoms with E-state index in [0.717, 1.165) is 36.2 Å². The number of carbonyl (C=O) groups is 2. The largest absolute Gasteiger partial charge is 0.352 e. The maximum atomic E-state index is 12.2. The SMILES string of the molecule is CCc1ccc(CC(=O)NCc2cccc(N3CCCC3=O)c2)cc1. The van der Waals surface area contributed by atoms with Gasteiger partial charge in [0.05, 0.1) is 6.42 Å². The highest BCUT2D eigenvalue weighted by Gasteiger charge is 2.21. The molecule has 2 aromatic carbocycles. The summed E-state index contributed by atoms with van der Waals surface area (Å²) >= 11 is 0. The van der Waals surface area contributed by atoms with Crippen molar-refractivity contribution < 1.29 is 9.59 Å². The molecule has 0 bridgehead atoms. The Balaban J connectivity index is 1.55. The molecule has 1 N–H and O–H groups in total. The second kappa shape index (κ2) is 7.97. The summed E-state index contributed by atoms with van der Waals surface area (Å²) in [6, 6.07) is 16.0. The fourth-order valence-electron chi connectivity index (χ4n) is 3.10. The van der Waals surface area contributed by atoms with Gasteiger partial charge in [0.15, 0.2) is 0 Å². The van der Waals surface area contributed by atoms with E-state index >= 15 is 0 Å². The second-order valence-corrected chi connectivity index (χ2v) is 6.44. The third-order valence-electron chi connectivity index (χ3n) is 4.58. The molecule has 2 amide bonds. The van der Waals surface area contributed by atoms with E-state index in [1.165, 1.54) is 5.56 Å². The third kappa shape index (κ3) is 4.47. The molecule has 3 rings (SSSR count). The van der Waals surface area contributed by atoms with Crippen molar-refractivity contribution in [2.24, 2.45) is 0 Å². The zero-order valence-electron chi connectivity index (χ0n) is 14.6. The Bertz CT molecular complexity index is 753. The van der Waals surface area contributed by atoms with Gasteiger partial charge >= 0.3 is 0 Å². The molecule has 0 spiro atoms. The molecule has 0 aromatic heterocycles. The molecule has 25 heavy (non-hydrogen) atoms. The monoisotopic (exact) mass is 336 g/mol. The lowest BCUT2D eigenvalue weighted by atomic mass is 10.1.